The van der Waals surface area contributed by atoms with E-state index in [1.165, 1.54) is 0 Å². The highest BCUT2D eigenvalue weighted by molar-refractivity contribution is 5.63. The highest BCUT2D eigenvalue weighted by Crippen LogP contribution is 2.29. The SMILES string of the molecule is Cc1ccc(-c2nc(N3CCOCC3)no2)c(O)c1. The van der Waals surface area contributed by atoms with E-state index in [2.05, 4.69) is 10.1 Å². The van der Waals surface area contributed by atoms with Gasteiger partial charge in [0.05, 0.1) is 18.8 Å². The highest BCUT2D eigenvalue weighted by Gasteiger charge is 2.19. The fourth-order valence-corrected chi connectivity index (χ4v) is 2.04. The molecule has 0 radical (unpaired) electrons. The summed E-state index contributed by atoms with van der Waals surface area (Å²) in [5.74, 6) is 1.02. The number of ether oxygens (including phenoxy) is 1. The van der Waals surface area contributed by atoms with Crippen LogP contribution in [0.25, 0.3) is 11.5 Å². The van der Waals surface area contributed by atoms with Crippen LogP contribution in [0.15, 0.2) is 22.7 Å². The van der Waals surface area contributed by atoms with Gasteiger partial charge in [0.1, 0.15) is 5.75 Å². The molecular formula is C13H15N3O3. The van der Waals surface area contributed by atoms with E-state index in [0.717, 1.165) is 18.7 Å². The van der Waals surface area contributed by atoms with E-state index in [0.29, 0.717) is 30.6 Å². The molecule has 0 bridgehead atoms. The van der Waals surface area contributed by atoms with Gasteiger partial charge < -0.3 is 19.3 Å². The molecule has 0 spiro atoms. The van der Waals surface area contributed by atoms with Crippen LogP contribution in [0.3, 0.4) is 0 Å². The van der Waals surface area contributed by atoms with Crippen LogP contribution in [0.2, 0.25) is 0 Å². The number of phenolic OH excluding ortho intramolecular Hbond substituents is 1. The Balaban J connectivity index is 1.87. The van der Waals surface area contributed by atoms with Crippen LogP contribution < -0.4 is 4.90 Å². The Morgan fingerprint density at radius 3 is 2.79 bits per heavy atom. The lowest BCUT2D eigenvalue weighted by Crippen LogP contribution is -2.36. The number of aromatic hydroxyl groups is 1. The second-order valence-corrected chi connectivity index (χ2v) is 4.52. The molecule has 0 amide bonds. The molecule has 100 valence electrons. The maximum atomic E-state index is 9.90. The molecule has 1 fully saturated rings. The van der Waals surface area contributed by atoms with Gasteiger partial charge in [-0.05, 0) is 29.8 Å². The molecule has 1 aliphatic rings. The number of anilines is 1. The average molecular weight is 261 g/mol. The van der Waals surface area contributed by atoms with Crippen molar-refractivity contribution < 1.29 is 14.4 Å². The molecule has 1 N–H and O–H groups in total. The van der Waals surface area contributed by atoms with Gasteiger partial charge in [-0.25, -0.2) is 0 Å². The van der Waals surface area contributed by atoms with E-state index >= 15 is 0 Å². The van der Waals surface area contributed by atoms with Gasteiger partial charge >= 0.3 is 0 Å². The van der Waals surface area contributed by atoms with Crippen molar-refractivity contribution in [3.05, 3.63) is 23.8 Å². The van der Waals surface area contributed by atoms with Crippen LogP contribution in [0.1, 0.15) is 5.56 Å². The van der Waals surface area contributed by atoms with Crippen LogP contribution in [-0.2, 0) is 4.74 Å². The van der Waals surface area contributed by atoms with Gasteiger partial charge in [0.25, 0.3) is 11.8 Å². The molecule has 19 heavy (non-hydrogen) atoms. The van der Waals surface area contributed by atoms with Gasteiger partial charge in [0.15, 0.2) is 0 Å². The Hall–Kier alpha value is -2.08. The molecule has 0 saturated carbocycles. The number of morpholine rings is 1. The summed E-state index contributed by atoms with van der Waals surface area (Å²) in [6.45, 7) is 4.74. The zero-order valence-corrected chi connectivity index (χ0v) is 10.7. The maximum Gasteiger partial charge on any atom is 0.266 e. The fourth-order valence-electron chi connectivity index (χ4n) is 2.04. The Labute approximate surface area is 110 Å². The fraction of sp³-hybridized carbons (Fsp3) is 0.385. The third kappa shape index (κ3) is 2.39. The Morgan fingerprint density at radius 1 is 1.26 bits per heavy atom. The molecule has 1 aromatic heterocycles. The zero-order chi connectivity index (χ0) is 13.2. The van der Waals surface area contributed by atoms with Crippen molar-refractivity contribution in [1.82, 2.24) is 10.1 Å². The number of nitrogens with zero attached hydrogens (tertiary/aromatic N) is 3. The Morgan fingerprint density at radius 2 is 2.05 bits per heavy atom. The van der Waals surface area contributed by atoms with E-state index in [9.17, 15) is 5.11 Å². The van der Waals surface area contributed by atoms with Crippen molar-refractivity contribution in [3.63, 3.8) is 0 Å². The van der Waals surface area contributed by atoms with Crippen LogP contribution in [0.4, 0.5) is 5.95 Å². The summed E-state index contributed by atoms with van der Waals surface area (Å²) >= 11 is 0. The summed E-state index contributed by atoms with van der Waals surface area (Å²) in [6, 6.07) is 5.35. The van der Waals surface area contributed by atoms with Crippen molar-refractivity contribution in [1.29, 1.82) is 0 Å². The second kappa shape index (κ2) is 4.89. The van der Waals surface area contributed by atoms with Gasteiger partial charge in [-0.2, -0.15) is 4.98 Å². The minimum Gasteiger partial charge on any atom is -0.507 e. The lowest BCUT2D eigenvalue weighted by atomic mass is 10.1. The third-order valence-electron chi connectivity index (χ3n) is 3.09. The number of hydrogen-bond acceptors (Lipinski definition) is 6. The lowest BCUT2D eigenvalue weighted by molar-refractivity contribution is 0.121. The van der Waals surface area contributed by atoms with E-state index in [1.54, 1.807) is 12.1 Å². The largest absolute Gasteiger partial charge is 0.507 e. The standard InChI is InChI=1S/C13H15N3O3/c1-9-2-3-10(11(17)8-9)12-14-13(15-19-12)16-4-6-18-7-5-16/h2-3,8,17H,4-7H2,1H3. The van der Waals surface area contributed by atoms with Crippen molar-refractivity contribution in [2.45, 2.75) is 6.92 Å². The molecule has 6 heteroatoms. The van der Waals surface area contributed by atoms with Crippen molar-refractivity contribution in [3.8, 4) is 17.2 Å². The first-order valence-corrected chi connectivity index (χ1v) is 6.20. The molecule has 1 saturated heterocycles. The van der Waals surface area contributed by atoms with Crippen LogP contribution in [-0.4, -0.2) is 41.6 Å². The molecule has 6 nitrogen and oxygen atoms in total. The summed E-state index contributed by atoms with van der Waals surface area (Å²) in [4.78, 5) is 6.33. The van der Waals surface area contributed by atoms with Gasteiger partial charge in [-0.1, -0.05) is 6.07 Å². The number of phenols is 1. The first kappa shape index (κ1) is 12.0. The van der Waals surface area contributed by atoms with E-state index in [4.69, 9.17) is 9.26 Å². The maximum absolute atomic E-state index is 9.90. The van der Waals surface area contributed by atoms with Crippen LogP contribution in [0, 0.1) is 6.92 Å². The van der Waals surface area contributed by atoms with Gasteiger partial charge in [-0.3, -0.25) is 0 Å². The molecule has 3 rings (SSSR count). The third-order valence-corrected chi connectivity index (χ3v) is 3.09. The normalized spacial score (nSPS) is 15.7. The summed E-state index contributed by atoms with van der Waals surface area (Å²) in [7, 11) is 0. The number of benzene rings is 1. The molecule has 1 aromatic carbocycles. The Kier molecular flexibility index (Phi) is 3.08. The van der Waals surface area contributed by atoms with E-state index in [-0.39, 0.29) is 5.75 Å². The molecule has 2 aromatic rings. The summed E-state index contributed by atoms with van der Waals surface area (Å²) in [5, 5.41) is 13.9. The topological polar surface area (TPSA) is 71.6 Å². The van der Waals surface area contributed by atoms with Crippen molar-refractivity contribution >= 4 is 5.95 Å². The predicted molar refractivity (Wildman–Crippen MR) is 69.2 cm³/mol. The number of rotatable bonds is 2. The molecular weight excluding hydrogens is 246 g/mol. The number of aryl methyl sites for hydroxylation is 1. The summed E-state index contributed by atoms with van der Waals surface area (Å²) < 4.78 is 10.5. The van der Waals surface area contributed by atoms with Crippen molar-refractivity contribution in [2.24, 2.45) is 0 Å². The van der Waals surface area contributed by atoms with E-state index < -0.39 is 0 Å². The summed E-state index contributed by atoms with van der Waals surface area (Å²) in [6.07, 6.45) is 0. The zero-order valence-electron chi connectivity index (χ0n) is 10.7. The first-order valence-electron chi connectivity index (χ1n) is 6.20. The monoisotopic (exact) mass is 261 g/mol. The minimum absolute atomic E-state index is 0.150. The van der Waals surface area contributed by atoms with E-state index in [1.807, 2.05) is 17.9 Å². The molecule has 1 aliphatic heterocycles. The highest BCUT2D eigenvalue weighted by atomic mass is 16.5. The van der Waals surface area contributed by atoms with Gasteiger partial charge in [-0.15, -0.1) is 0 Å². The summed E-state index contributed by atoms with van der Waals surface area (Å²) in [5.41, 5.74) is 1.53. The van der Waals surface area contributed by atoms with Gasteiger partial charge in [0, 0.05) is 13.1 Å². The average Bonchev–Trinajstić information content (AvgIpc) is 2.89. The van der Waals surface area contributed by atoms with Crippen LogP contribution in [0.5, 0.6) is 5.75 Å². The predicted octanol–water partition coefficient (Wildman–Crippen LogP) is 1.59. The first-order chi connectivity index (χ1) is 9.24. The lowest BCUT2D eigenvalue weighted by Gasteiger charge is -2.24. The van der Waals surface area contributed by atoms with Gasteiger partial charge in [0.2, 0.25) is 0 Å². The second-order valence-electron chi connectivity index (χ2n) is 4.52. The number of hydrogen-bond donors (Lipinski definition) is 1. The number of aromatic nitrogens is 2. The molecule has 2 heterocycles. The molecule has 0 unspecified atom stereocenters. The van der Waals surface area contributed by atoms with Crippen molar-refractivity contribution in [2.75, 3.05) is 31.2 Å². The quantitative estimate of drug-likeness (QED) is 0.885. The van der Waals surface area contributed by atoms with Crippen LogP contribution >= 0.6 is 0 Å². The molecule has 0 aliphatic carbocycles. The smallest absolute Gasteiger partial charge is 0.266 e. The Bertz CT molecular complexity index is 576. The minimum atomic E-state index is 0.150. The molecule has 0 atom stereocenters.